The molecule has 74 heavy (non-hydrogen) atoms. The molecule has 424 valence electrons. The van der Waals surface area contributed by atoms with Crippen LogP contribution in [0.1, 0.15) is 224 Å². The molecule has 7 N–H and O–H groups in total. The van der Waals surface area contributed by atoms with Crippen LogP contribution < -0.4 is 0 Å². The highest BCUT2D eigenvalue weighted by Gasteiger charge is 2.70. The largest absolute Gasteiger partial charge is 0.459 e. The van der Waals surface area contributed by atoms with Gasteiger partial charge in [0.1, 0.15) is 22.9 Å². The third-order valence-electron chi connectivity index (χ3n) is 19.8. The van der Waals surface area contributed by atoms with E-state index >= 15 is 0 Å². The fourth-order valence-corrected chi connectivity index (χ4v) is 15.6. The molecule has 13 fully saturated rings. The Labute approximate surface area is 440 Å². The summed E-state index contributed by atoms with van der Waals surface area (Å²) in [6.07, 6.45) is 12.8. The van der Waals surface area contributed by atoms with Gasteiger partial charge in [-0.2, -0.15) is 0 Å². The van der Waals surface area contributed by atoms with Gasteiger partial charge in [-0.05, 0) is 150 Å². The maximum atomic E-state index is 12.4. The minimum absolute atomic E-state index is 0.0828. The highest BCUT2D eigenvalue weighted by Crippen LogP contribution is 2.64. The molecule has 1 aliphatic heterocycles. The summed E-state index contributed by atoms with van der Waals surface area (Å²) in [6.45, 7) is 23.4. The van der Waals surface area contributed by atoms with Crippen molar-refractivity contribution in [1.29, 1.82) is 0 Å². The zero-order valence-electron chi connectivity index (χ0n) is 47.2. The molecule has 13 aliphatic rings. The van der Waals surface area contributed by atoms with Crippen LogP contribution >= 0.6 is 0 Å². The molecule has 1 heterocycles. The summed E-state index contributed by atoms with van der Waals surface area (Å²) < 4.78 is 27.8. The molecule has 0 spiro atoms. The maximum Gasteiger partial charge on any atom is 0.312 e. The van der Waals surface area contributed by atoms with Gasteiger partial charge >= 0.3 is 23.9 Å². The van der Waals surface area contributed by atoms with Crippen LogP contribution in [0.5, 0.6) is 0 Å². The van der Waals surface area contributed by atoms with Gasteiger partial charge in [-0.25, -0.2) is 0 Å². The van der Waals surface area contributed by atoms with Crippen molar-refractivity contribution in [3.05, 3.63) is 0 Å². The second-order valence-corrected chi connectivity index (χ2v) is 29.1. The SMILES string of the molecule is CCC(C)(C)C(=O)OC12CC3(O)CC(O)(CC(O)(C3)C1)C2.CCC(C)(C)C(=O)OC12CC3CC(CC(O)(C3)C1)C2.CCC(C)(C)C(=O)OC12CC3CC(O)(CC(O)(C3)C1)C2.CCC(C)(C)C(=O)OC1COCC1O. The first kappa shape index (κ1) is 59.2. The molecule has 1 saturated heterocycles. The van der Waals surface area contributed by atoms with Crippen molar-refractivity contribution in [3.8, 4) is 0 Å². The zero-order chi connectivity index (χ0) is 55.2. The fraction of sp³-hybridized carbons (Fsp3) is 0.931. The van der Waals surface area contributed by atoms with Crippen molar-refractivity contribution in [2.24, 2.45) is 39.4 Å². The number of rotatable bonds is 12. The molecule has 12 aliphatic carbocycles. The highest BCUT2D eigenvalue weighted by molar-refractivity contribution is 5.78. The standard InChI is InChI=1S/C16H26O5.C16H26O4.C16H26O3.C10H18O4/c1-4-12(2,3)11(17)21-16-8-13(18)5-14(19,9-16)7-15(20,6-13)10-16;1-4-13(2,3)12(17)20-16-7-11-5-14(18,9-16)8-15(19,6-11)10-16;1-4-14(2,3)13(17)19-16-8-11-5-12(9-16)7-15(18,6-11)10-16;1-4-10(2,3)9(12)14-8-6-13-5-7(8)11/h18-20H,4-10H2,1-3H3;11,18-19H,4-10H2,1-3H3;11-12,18H,4-10H2,1-3H3;7-8,11H,4-6H2,1-3H3. The molecule has 12 saturated carbocycles. The first-order chi connectivity index (χ1) is 33.8. The van der Waals surface area contributed by atoms with Crippen molar-refractivity contribution in [2.45, 2.75) is 287 Å². The Morgan fingerprint density at radius 3 is 1.11 bits per heavy atom. The van der Waals surface area contributed by atoms with Gasteiger partial charge in [-0.3, -0.25) is 19.2 Å². The Bertz CT molecular complexity index is 2020. The van der Waals surface area contributed by atoms with Crippen LogP contribution in [0.4, 0.5) is 0 Å². The van der Waals surface area contributed by atoms with E-state index in [1.54, 1.807) is 0 Å². The number of aliphatic hydroxyl groups is 7. The van der Waals surface area contributed by atoms with Gasteiger partial charge in [0.2, 0.25) is 0 Å². The summed E-state index contributed by atoms with van der Waals surface area (Å²) in [5.41, 5.74) is -9.57. The van der Waals surface area contributed by atoms with Crippen molar-refractivity contribution >= 4 is 23.9 Å². The van der Waals surface area contributed by atoms with Crippen LogP contribution in [0.15, 0.2) is 0 Å². The number of esters is 4. The lowest BCUT2D eigenvalue weighted by Crippen LogP contribution is -2.72. The second-order valence-electron chi connectivity index (χ2n) is 29.1. The van der Waals surface area contributed by atoms with Crippen LogP contribution in [0.2, 0.25) is 0 Å². The normalized spacial score (nSPS) is 43.0. The van der Waals surface area contributed by atoms with Gasteiger partial charge in [0, 0.05) is 64.2 Å². The van der Waals surface area contributed by atoms with E-state index in [9.17, 15) is 54.9 Å². The lowest BCUT2D eigenvalue weighted by Gasteiger charge is -2.65. The summed E-state index contributed by atoms with van der Waals surface area (Å²) in [5, 5.41) is 73.3. The number of hydrogen-bond acceptors (Lipinski definition) is 16. The summed E-state index contributed by atoms with van der Waals surface area (Å²) in [7, 11) is 0. The molecule has 0 aromatic carbocycles. The van der Waals surface area contributed by atoms with E-state index in [-0.39, 0.29) is 61.3 Å². The van der Waals surface area contributed by atoms with Gasteiger partial charge in [0.15, 0.2) is 6.10 Å². The first-order valence-electron chi connectivity index (χ1n) is 28.3. The molecule has 13 rings (SSSR count). The summed E-state index contributed by atoms with van der Waals surface area (Å²) in [5.74, 6) is 0.526. The average Bonchev–Trinajstić information content (AvgIpc) is 3.63. The molecule has 16 nitrogen and oxygen atoms in total. The lowest BCUT2D eigenvalue weighted by atomic mass is 9.48. The molecule has 16 heteroatoms. The maximum absolute atomic E-state index is 12.4. The number of hydrogen-bond donors (Lipinski definition) is 7. The zero-order valence-corrected chi connectivity index (χ0v) is 47.2. The quantitative estimate of drug-likeness (QED) is 0.0752. The number of carbonyl (C=O) groups is 4. The van der Waals surface area contributed by atoms with E-state index in [4.69, 9.17) is 23.7 Å². The van der Waals surface area contributed by atoms with Crippen LogP contribution in [0.3, 0.4) is 0 Å². The molecular formula is C58H96O16. The summed E-state index contributed by atoms with van der Waals surface area (Å²) in [6, 6.07) is 0. The topological polar surface area (TPSA) is 256 Å². The van der Waals surface area contributed by atoms with Gasteiger partial charge in [0.05, 0.1) is 68.5 Å². The second kappa shape index (κ2) is 19.7. The van der Waals surface area contributed by atoms with Crippen molar-refractivity contribution < 1.29 is 78.6 Å². The molecule has 0 radical (unpaired) electrons. The van der Waals surface area contributed by atoms with Crippen molar-refractivity contribution in [3.63, 3.8) is 0 Å². The van der Waals surface area contributed by atoms with E-state index in [0.29, 0.717) is 69.8 Å². The molecule has 0 aromatic rings. The molecule has 6 atom stereocenters. The lowest BCUT2D eigenvalue weighted by molar-refractivity contribution is -0.302. The van der Waals surface area contributed by atoms with Gasteiger partial charge < -0.3 is 59.4 Å². The van der Waals surface area contributed by atoms with Gasteiger partial charge in [-0.15, -0.1) is 0 Å². The monoisotopic (exact) mass is 1050 g/mol. The van der Waals surface area contributed by atoms with Gasteiger partial charge in [-0.1, -0.05) is 27.7 Å². The number of aliphatic hydroxyl groups excluding tert-OH is 1. The third kappa shape index (κ3) is 12.5. The van der Waals surface area contributed by atoms with Crippen LogP contribution in [0, 0.1) is 39.4 Å². The predicted molar refractivity (Wildman–Crippen MR) is 273 cm³/mol. The van der Waals surface area contributed by atoms with Crippen molar-refractivity contribution in [1.82, 2.24) is 0 Å². The number of ether oxygens (including phenoxy) is 5. The predicted octanol–water partition coefficient (Wildman–Crippen LogP) is 7.22. The van der Waals surface area contributed by atoms with E-state index in [1.165, 1.54) is 6.42 Å². The molecule has 6 unspecified atom stereocenters. The van der Waals surface area contributed by atoms with E-state index in [2.05, 4.69) is 0 Å². The van der Waals surface area contributed by atoms with Crippen molar-refractivity contribution in [2.75, 3.05) is 13.2 Å². The molecule has 12 bridgehead atoms. The average molecular weight is 1050 g/mol. The minimum Gasteiger partial charge on any atom is -0.459 e. The van der Waals surface area contributed by atoms with E-state index < -0.39 is 78.7 Å². The van der Waals surface area contributed by atoms with E-state index in [0.717, 1.165) is 64.2 Å². The Balaban J connectivity index is 0.000000146. The van der Waals surface area contributed by atoms with Gasteiger partial charge in [0.25, 0.3) is 0 Å². The summed E-state index contributed by atoms with van der Waals surface area (Å²) >= 11 is 0. The smallest absolute Gasteiger partial charge is 0.312 e. The van der Waals surface area contributed by atoms with Crippen LogP contribution in [-0.2, 0) is 42.9 Å². The van der Waals surface area contributed by atoms with Crippen LogP contribution in [0.25, 0.3) is 0 Å². The fourth-order valence-electron chi connectivity index (χ4n) is 15.6. The molecule has 0 aromatic heterocycles. The Kier molecular flexibility index (Phi) is 15.8. The Morgan fingerprint density at radius 2 is 0.743 bits per heavy atom. The molecule has 0 amide bonds. The Hall–Kier alpha value is -2.44. The third-order valence-corrected chi connectivity index (χ3v) is 19.8. The first-order valence-corrected chi connectivity index (χ1v) is 28.3. The molecular weight excluding hydrogens is 953 g/mol. The highest BCUT2D eigenvalue weighted by atomic mass is 16.6. The summed E-state index contributed by atoms with van der Waals surface area (Å²) in [4.78, 5) is 48.8. The van der Waals surface area contributed by atoms with E-state index in [1.807, 2.05) is 83.1 Å². The Morgan fingerprint density at radius 1 is 0.419 bits per heavy atom. The van der Waals surface area contributed by atoms with Crippen LogP contribution in [-0.4, -0.2) is 135 Å². The minimum atomic E-state index is -1.13. The number of carbonyl (C=O) groups excluding carboxylic acids is 4.